The molecule has 90 valence electrons. The molecule has 0 saturated carbocycles. The average Bonchev–Trinajstić information content (AvgIpc) is 2.61. The van der Waals surface area contributed by atoms with E-state index < -0.39 is 5.97 Å². The number of aliphatic carboxylic acids is 1. The largest absolute Gasteiger partial charge is 0.481 e. The highest BCUT2D eigenvalue weighted by molar-refractivity contribution is 7.98. The molecule has 0 atom stereocenters. The van der Waals surface area contributed by atoms with Gasteiger partial charge in [-0.2, -0.15) is 0 Å². The summed E-state index contributed by atoms with van der Waals surface area (Å²) in [6.45, 7) is 2.11. The first kappa shape index (κ1) is 12.2. The molecule has 0 radical (unpaired) electrons. The summed E-state index contributed by atoms with van der Waals surface area (Å²) < 4.78 is 0. The Morgan fingerprint density at radius 3 is 2.88 bits per heavy atom. The summed E-state index contributed by atoms with van der Waals surface area (Å²) in [4.78, 5) is 11.9. The van der Waals surface area contributed by atoms with E-state index >= 15 is 0 Å². The minimum absolute atomic E-state index is 0.218. The number of rotatable bonds is 4. The van der Waals surface area contributed by atoms with E-state index in [1.165, 1.54) is 27.2 Å². The molecule has 2 nitrogen and oxygen atoms in total. The number of carboxylic acid groups (broad SMARTS) is 1. The normalized spacial score (nSPS) is 14.0. The van der Waals surface area contributed by atoms with Gasteiger partial charge in [-0.15, -0.1) is 11.8 Å². The van der Waals surface area contributed by atoms with E-state index in [0.29, 0.717) is 6.42 Å². The fraction of sp³-hybridized carbons (Fsp3) is 0.357. The molecule has 1 aromatic rings. The average molecular weight is 248 g/mol. The van der Waals surface area contributed by atoms with Crippen LogP contribution in [0.3, 0.4) is 0 Å². The molecule has 2 rings (SSSR count). The molecule has 1 N–H and O–H groups in total. The predicted molar refractivity (Wildman–Crippen MR) is 71.4 cm³/mol. The van der Waals surface area contributed by atoms with Crippen molar-refractivity contribution in [2.45, 2.75) is 31.1 Å². The van der Waals surface area contributed by atoms with Gasteiger partial charge in [0.15, 0.2) is 0 Å². The zero-order valence-corrected chi connectivity index (χ0v) is 10.9. The van der Waals surface area contributed by atoms with Crippen molar-refractivity contribution in [3.8, 4) is 0 Å². The van der Waals surface area contributed by atoms with Crippen LogP contribution in [0.25, 0.3) is 5.57 Å². The Labute approximate surface area is 106 Å². The van der Waals surface area contributed by atoms with E-state index in [1.807, 2.05) is 0 Å². The van der Waals surface area contributed by atoms with Crippen LogP contribution in [0, 0.1) is 0 Å². The topological polar surface area (TPSA) is 37.3 Å². The minimum atomic E-state index is -0.722. The summed E-state index contributed by atoms with van der Waals surface area (Å²) in [6.07, 6.45) is 3.89. The first-order chi connectivity index (χ1) is 8.11. The molecular weight excluding hydrogens is 232 g/mol. The van der Waals surface area contributed by atoms with Gasteiger partial charge in [0, 0.05) is 11.3 Å². The number of hydrogen-bond donors (Lipinski definition) is 1. The predicted octanol–water partition coefficient (Wildman–Crippen LogP) is 3.60. The maximum absolute atomic E-state index is 10.7. The lowest BCUT2D eigenvalue weighted by atomic mass is 10.0. The fourth-order valence-corrected chi connectivity index (χ4v) is 2.76. The van der Waals surface area contributed by atoms with Gasteiger partial charge in [0.1, 0.15) is 0 Å². The van der Waals surface area contributed by atoms with Gasteiger partial charge in [-0.1, -0.05) is 11.6 Å². The molecule has 0 fully saturated rings. The van der Waals surface area contributed by atoms with Crippen LogP contribution in [-0.2, 0) is 11.2 Å². The highest BCUT2D eigenvalue weighted by Gasteiger charge is 2.19. The van der Waals surface area contributed by atoms with Gasteiger partial charge in [-0.3, -0.25) is 4.79 Å². The highest BCUT2D eigenvalue weighted by Crippen LogP contribution is 2.37. The third-order valence-electron chi connectivity index (χ3n) is 3.20. The molecule has 1 aromatic carbocycles. The van der Waals surface area contributed by atoms with Crippen molar-refractivity contribution in [2.75, 3.05) is 6.26 Å². The summed E-state index contributed by atoms with van der Waals surface area (Å²) in [5, 5.41) is 8.78. The van der Waals surface area contributed by atoms with Crippen LogP contribution in [0.15, 0.2) is 28.7 Å². The van der Waals surface area contributed by atoms with Crippen LogP contribution >= 0.6 is 11.8 Å². The molecule has 0 unspecified atom stereocenters. The molecular formula is C14H16O2S. The quantitative estimate of drug-likeness (QED) is 0.827. The summed E-state index contributed by atoms with van der Waals surface area (Å²) in [6, 6.07) is 6.49. The van der Waals surface area contributed by atoms with Crippen molar-refractivity contribution in [3.05, 3.63) is 34.9 Å². The Hall–Kier alpha value is -1.22. The van der Waals surface area contributed by atoms with Crippen molar-refractivity contribution in [1.82, 2.24) is 0 Å². The molecule has 0 saturated heterocycles. The van der Waals surface area contributed by atoms with Gasteiger partial charge in [0.05, 0.1) is 0 Å². The molecule has 1 aliphatic carbocycles. The first-order valence-electron chi connectivity index (χ1n) is 5.69. The third kappa shape index (κ3) is 2.55. The minimum Gasteiger partial charge on any atom is -0.481 e. The van der Waals surface area contributed by atoms with Crippen LogP contribution in [0.2, 0.25) is 0 Å². The standard InChI is InChI=1S/C14H16O2S/c1-9-7-10-3-4-11(17-2)8-13(10)12(9)5-6-14(15)16/h3-4,8H,5-7H2,1-2H3,(H,15,16). The van der Waals surface area contributed by atoms with Crippen molar-refractivity contribution >= 4 is 23.3 Å². The number of carboxylic acids is 1. The van der Waals surface area contributed by atoms with Gasteiger partial charge in [0.25, 0.3) is 0 Å². The van der Waals surface area contributed by atoms with Crippen molar-refractivity contribution in [2.24, 2.45) is 0 Å². The van der Waals surface area contributed by atoms with Crippen molar-refractivity contribution < 1.29 is 9.90 Å². The molecule has 0 bridgehead atoms. The maximum Gasteiger partial charge on any atom is 0.303 e. The number of hydrogen-bond acceptors (Lipinski definition) is 2. The van der Waals surface area contributed by atoms with Crippen LogP contribution in [-0.4, -0.2) is 17.3 Å². The molecule has 0 amide bonds. The first-order valence-corrected chi connectivity index (χ1v) is 6.92. The van der Waals surface area contributed by atoms with E-state index in [4.69, 9.17) is 5.11 Å². The third-order valence-corrected chi connectivity index (χ3v) is 3.93. The molecule has 17 heavy (non-hydrogen) atoms. The number of fused-ring (bicyclic) bond motifs is 1. The molecule has 0 aromatic heterocycles. The molecule has 0 heterocycles. The highest BCUT2D eigenvalue weighted by atomic mass is 32.2. The fourth-order valence-electron chi connectivity index (χ4n) is 2.32. The second-order valence-corrected chi connectivity index (χ2v) is 5.23. The van der Waals surface area contributed by atoms with Gasteiger partial charge in [0.2, 0.25) is 0 Å². The Morgan fingerprint density at radius 2 is 2.24 bits per heavy atom. The molecule has 0 spiro atoms. The van der Waals surface area contributed by atoms with E-state index in [1.54, 1.807) is 11.8 Å². The van der Waals surface area contributed by atoms with E-state index in [2.05, 4.69) is 31.4 Å². The lowest BCUT2D eigenvalue weighted by molar-refractivity contribution is -0.136. The Bertz CT molecular complexity index is 489. The van der Waals surface area contributed by atoms with Gasteiger partial charge >= 0.3 is 5.97 Å². The Morgan fingerprint density at radius 1 is 1.47 bits per heavy atom. The van der Waals surface area contributed by atoms with Gasteiger partial charge < -0.3 is 5.11 Å². The molecule has 0 aliphatic heterocycles. The molecule has 1 aliphatic rings. The SMILES string of the molecule is CSc1ccc2c(c1)C(CCC(=O)O)=C(C)C2. The van der Waals surface area contributed by atoms with Crippen LogP contribution in [0.5, 0.6) is 0 Å². The maximum atomic E-state index is 10.7. The zero-order valence-electron chi connectivity index (χ0n) is 10.1. The van der Waals surface area contributed by atoms with Crippen molar-refractivity contribution in [1.29, 1.82) is 0 Å². The monoisotopic (exact) mass is 248 g/mol. The zero-order chi connectivity index (χ0) is 12.4. The molecule has 3 heteroatoms. The number of thioether (sulfide) groups is 1. The second-order valence-electron chi connectivity index (χ2n) is 4.35. The summed E-state index contributed by atoms with van der Waals surface area (Å²) in [5.74, 6) is -0.722. The summed E-state index contributed by atoms with van der Waals surface area (Å²) >= 11 is 1.72. The van der Waals surface area contributed by atoms with Crippen molar-refractivity contribution in [3.63, 3.8) is 0 Å². The number of allylic oxidation sites excluding steroid dienone is 2. The lowest BCUT2D eigenvalue weighted by Gasteiger charge is -2.07. The summed E-state index contributed by atoms with van der Waals surface area (Å²) in [7, 11) is 0. The summed E-state index contributed by atoms with van der Waals surface area (Å²) in [5.41, 5.74) is 5.15. The Kier molecular flexibility index (Phi) is 3.57. The van der Waals surface area contributed by atoms with Gasteiger partial charge in [-0.05, 0) is 54.9 Å². The lowest BCUT2D eigenvalue weighted by Crippen LogP contribution is -1.95. The number of benzene rings is 1. The smallest absolute Gasteiger partial charge is 0.303 e. The van der Waals surface area contributed by atoms with E-state index in [-0.39, 0.29) is 6.42 Å². The van der Waals surface area contributed by atoms with Crippen LogP contribution in [0.1, 0.15) is 30.9 Å². The Balaban J connectivity index is 2.29. The number of carbonyl (C=O) groups is 1. The second kappa shape index (κ2) is 4.96. The van der Waals surface area contributed by atoms with Gasteiger partial charge in [-0.25, -0.2) is 0 Å². The van der Waals surface area contributed by atoms with E-state index in [0.717, 1.165) is 6.42 Å². The van der Waals surface area contributed by atoms with Crippen LogP contribution < -0.4 is 0 Å². The van der Waals surface area contributed by atoms with Crippen LogP contribution in [0.4, 0.5) is 0 Å². The van der Waals surface area contributed by atoms with E-state index in [9.17, 15) is 4.79 Å².